The van der Waals surface area contributed by atoms with Crippen molar-refractivity contribution in [3.05, 3.63) is 102 Å². The predicted molar refractivity (Wildman–Crippen MR) is 163 cm³/mol. The molecule has 41 heavy (non-hydrogen) atoms. The van der Waals surface area contributed by atoms with E-state index < -0.39 is 0 Å². The molecule has 0 aliphatic heterocycles. The molecule has 0 bridgehead atoms. The van der Waals surface area contributed by atoms with Crippen molar-refractivity contribution in [1.82, 2.24) is 23.2 Å². The average Bonchev–Trinajstić information content (AvgIpc) is 3.79. The summed E-state index contributed by atoms with van der Waals surface area (Å²) in [5, 5.41) is 2.22. The Kier molecular flexibility index (Phi) is 3.17. The number of fused-ring (bicyclic) bond motifs is 18. The molecule has 0 unspecified atom stereocenters. The zero-order valence-electron chi connectivity index (χ0n) is 22.3. The summed E-state index contributed by atoms with van der Waals surface area (Å²) in [7, 11) is 0. The smallest absolute Gasteiger partial charge is 0.223 e. The van der Waals surface area contributed by atoms with Gasteiger partial charge >= 0.3 is 0 Å². The van der Waals surface area contributed by atoms with Crippen LogP contribution in [-0.4, -0.2) is 23.2 Å². The van der Waals surface area contributed by atoms with Gasteiger partial charge < -0.3 is 4.42 Å². The lowest BCUT2D eigenvalue weighted by atomic mass is 9.82. The minimum Gasteiger partial charge on any atom is -0.454 e. The van der Waals surface area contributed by atoms with Gasteiger partial charge in [0, 0.05) is 21.8 Å². The van der Waals surface area contributed by atoms with Crippen molar-refractivity contribution in [3.8, 4) is 11.1 Å². The van der Waals surface area contributed by atoms with Crippen molar-refractivity contribution in [1.29, 1.82) is 0 Å². The van der Waals surface area contributed by atoms with Gasteiger partial charge in [0.25, 0.3) is 0 Å². The summed E-state index contributed by atoms with van der Waals surface area (Å²) in [5.41, 5.74) is 14.4. The molecule has 1 aliphatic rings. The first-order chi connectivity index (χ1) is 20.1. The third-order valence-corrected chi connectivity index (χ3v) is 9.59. The fraction of sp³-hybridized carbons (Fsp3) is 0.0857. The highest BCUT2D eigenvalue weighted by Gasteiger charge is 2.38. The molecular formula is C35H21N5O. The fourth-order valence-electron chi connectivity index (χ4n) is 7.82. The van der Waals surface area contributed by atoms with Gasteiger partial charge in [0.1, 0.15) is 16.6 Å². The van der Waals surface area contributed by atoms with E-state index in [1.807, 2.05) is 12.1 Å². The quantitative estimate of drug-likeness (QED) is 0.199. The second-order valence-electron chi connectivity index (χ2n) is 11.9. The van der Waals surface area contributed by atoms with Crippen LogP contribution in [0.5, 0.6) is 0 Å². The van der Waals surface area contributed by atoms with Gasteiger partial charge in [0.15, 0.2) is 5.58 Å². The van der Waals surface area contributed by atoms with E-state index >= 15 is 0 Å². The number of hydrogen-bond acceptors (Lipinski definition) is 3. The summed E-state index contributed by atoms with van der Waals surface area (Å²) in [6, 6.07) is 32.3. The van der Waals surface area contributed by atoms with Gasteiger partial charge in [-0.1, -0.05) is 68.4 Å². The van der Waals surface area contributed by atoms with Crippen molar-refractivity contribution in [2.45, 2.75) is 19.3 Å². The Bertz CT molecular complexity index is 2780. The third-order valence-electron chi connectivity index (χ3n) is 9.59. The van der Waals surface area contributed by atoms with Crippen LogP contribution in [0.3, 0.4) is 0 Å². The summed E-state index contributed by atoms with van der Waals surface area (Å²) in [6.45, 7) is 4.65. The minimum atomic E-state index is -0.0726. The van der Waals surface area contributed by atoms with Crippen LogP contribution in [0.25, 0.3) is 83.2 Å². The zero-order chi connectivity index (χ0) is 26.8. The van der Waals surface area contributed by atoms with Crippen molar-refractivity contribution in [3.63, 3.8) is 0 Å². The number of imidazole rings is 4. The van der Waals surface area contributed by atoms with Crippen molar-refractivity contribution >= 4 is 72.1 Å². The van der Waals surface area contributed by atoms with E-state index in [0.29, 0.717) is 0 Å². The van der Waals surface area contributed by atoms with Gasteiger partial charge in [-0.3, -0.25) is 8.80 Å². The van der Waals surface area contributed by atoms with Crippen LogP contribution in [0.4, 0.5) is 0 Å². The number of furan rings is 1. The summed E-state index contributed by atoms with van der Waals surface area (Å²) < 4.78 is 13.3. The van der Waals surface area contributed by atoms with Crippen molar-refractivity contribution in [2.75, 3.05) is 0 Å². The minimum absolute atomic E-state index is 0.0726. The molecule has 5 aromatic carbocycles. The molecule has 0 spiro atoms. The van der Waals surface area contributed by atoms with Crippen LogP contribution in [0.15, 0.2) is 95.4 Å². The van der Waals surface area contributed by atoms with Gasteiger partial charge in [-0.05, 0) is 53.1 Å². The van der Waals surface area contributed by atoms with Gasteiger partial charge in [-0.25, -0.2) is 14.4 Å². The maximum atomic E-state index is 6.47. The second kappa shape index (κ2) is 6.34. The molecule has 0 radical (unpaired) electrons. The van der Waals surface area contributed by atoms with Crippen molar-refractivity contribution in [2.24, 2.45) is 0 Å². The van der Waals surface area contributed by atoms with Crippen LogP contribution in [0, 0.1) is 0 Å². The van der Waals surface area contributed by atoms with Gasteiger partial charge in [-0.15, -0.1) is 0 Å². The van der Waals surface area contributed by atoms with Gasteiger partial charge in [0.2, 0.25) is 11.6 Å². The molecule has 192 valence electrons. The van der Waals surface area contributed by atoms with E-state index in [0.717, 1.165) is 66.6 Å². The Morgan fingerprint density at radius 3 is 2.15 bits per heavy atom. The molecule has 1 aliphatic carbocycles. The Hall–Kier alpha value is -5.36. The number of benzene rings is 5. The Morgan fingerprint density at radius 2 is 1.29 bits per heavy atom. The predicted octanol–water partition coefficient (Wildman–Crippen LogP) is 8.34. The maximum Gasteiger partial charge on any atom is 0.223 e. The largest absolute Gasteiger partial charge is 0.454 e. The normalized spacial score (nSPS) is 14.8. The first kappa shape index (κ1) is 20.5. The van der Waals surface area contributed by atoms with E-state index in [9.17, 15) is 0 Å². The molecule has 0 N–H and O–H groups in total. The standard InChI is InChI=1S/C35H21N5O/c1-35(2)21-10-5-3-9-20(21)28-22(35)15-17-23-29(28)38-25-11-7-12-26-31(25)40(33(38)36-23)34-37-24-16-14-19-18-8-4-6-13-27(18)41-32(19)30(24)39(26)34/h3-17H,1-2H3. The highest BCUT2D eigenvalue weighted by atomic mass is 16.3. The van der Waals surface area contributed by atoms with Crippen LogP contribution >= 0.6 is 0 Å². The van der Waals surface area contributed by atoms with E-state index in [4.69, 9.17) is 14.4 Å². The Morgan fingerprint density at radius 1 is 0.585 bits per heavy atom. The highest BCUT2D eigenvalue weighted by molar-refractivity contribution is 6.16. The molecule has 11 rings (SSSR count). The summed E-state index contributed by atoms with van der Waals surface area (Å²) in [5.74, 6) is 1.73. The lowest BCUT2D eigenvalue weighted by Crippen LogP contribution is -2.14. The van der Waals surface area contributed by atoms with Gasteiger partial charge in [0.05, 0.1) is 27.6 Å². The molecule has 0 saturated heterocycles. The lowest BCUT2D eigenvalue weighted by Gasteiger charge is -2.21. The monoisotopic (exact) mass is 527 g/mol. The molecule has 6 heteroatoms. The van der Waals surface area contributed by atoms with Crippen LogP contribution in [0.1, 0.15) is 25.0 Å². The Balaban J connectivity index is 1.37. The fourth-order valence-corrected chi connectivity index (χ4v) is 7.82. The lowest BCUT2D eigenvalue weighted by molar-refractivity contribution is 0.661. The molecule has 6 nitrogen and oxygen atoms in total. The van der Waals surface area contributed by atoms with Crippen LogP contribution < -0.4 is 0 Å². The SMILES string of the molecule is CC1(C)c2ccccc2-c2c1ccc1nc3n(c4cccc5c4n3c3nc4ccc6c7ccccc7oc6c4n53)c21. The molecular weight excluding hydrogens is 506 g/mol. The van der Waals surface area contributed by atoms with E-state index in [2.05, 4.69) is 106 Å². The number of nitrogens with zero attached hydrogens (tertiary/aromatic N) is 5. The molecule has 5 aromatic heterocycles. The average molecular weight is 528 g/mol. The maximum absolute atomic E-state index is 6.47. The zero-order valence-corrected chi connectivity index (χ0v) is 22.3. The topological polar surface area (TPSA) is 52.2 Å². The molecule has 0 amide bonds. The number of hydrogen-bond donors (Lipinski definition) is 0. The third kappa shape index (κ3) is 2.10. The first-order valence-electron chi connectivity index (χ1n) is 14.0. The second-order valence-corrected chi connectivity index (χ2v) is 11.9. The van der Waals surface area contributed by atoms with Gasteiger partial charge in [-0.2, -0.15) is 0 Å². The summed E-state index contributed by atoms with van der Waals surface area (Å²) in [4.78, 5) is 10.5. The van der Waals surface area contributed by atoms with Crippen LogP contribution in [-0.2, 0) is 5.41 Å². The molecule has 0 saturated carbocycles. The number of aromatic nitrogens is 5. The van der Waals surface area contributed by atoms with E-state index in [1.165, 1.54) is 27.8 Å². The molecule has 0 atom stereocenters. The highest BCUT2D eigenvalue weighted by Crippen LogP contribution is 2.51. The Labute approximate surface area is 232 Å². The summed E-state index contributed by atoms with van der Waals surface area (Å²) in [6.07, 6.45) is 0. The molecule has 5 heterocycles. The van der Waals surface area contributed by atoms with E-state index in [-0.39, 0.29) is 5.41 Å². The number of para-hydroxylation sites is 2. The van der Waals surface area contributed by atoms with E-state index in [1.54, 1.807) is 0 Å². The number of rotatable bonds is 0. The molecule has 10 aromatic rings. The first-order valence-corrected chi connectivity index (χ1v) is 14.0. The summed E-state index contributed by atoms with van der Waals surface area (Å²) >= 11 is 0. The van der Waals surface area contributed by atoms with Crippen LogP contribution in [0.2, 0.25) is 0 Å². The van der Waals surface area contributed by atoms with Crippen molar-refractivity contribution < 1.29 is 4.42 Å². The molecule has 0 fully saturated rings.